The van der Waals surface area contributed by atoms with Crippen LogP contribution in [-0.2, 0) is 122 Å². The minimum atomic E-state index is -1.37. The molecule has 9 saturated heterocycles. The number of ketones is 1. The second kappa shape index (κ2) is 39.3. The molecule has 133 heavy (non-hydrogen) atoms. The summed E-state index contributed by atoms with van der Waals surface area (Å²) in [6.45, 7) is 47.0. The third kappa shape index (κ3) is 18.3. The van der Waals surface area contributed by atoms with Crippen molar-refractivity contribution in [1.82, 2.24) is 0 Å². The molecule has 0 bridgehead atoms. The Morgan fingerprint density at radius 3 is 1.91 bits per heavy atom. The Bertz CT molecular complexity index is 4560. The number of carbonyl (C=O) groups excluding carboxylic acids is 3. The van der Waals surface area contributed by atoms with Crippen LogP contribution in [0.3, 0.4) is 0 Å². The topological polar surface area (TPSA) is 285 Å². The highest BCUT2D eigenvalue weighted by Gasteiger charge is 2.74. The zero-order chi connectivity index (χ0) is 94.6. The van der Waals surface area contributed by atoms with E-state index >= 15 is 4.79 Å². The predicted molar refractivity (Wildman–Crippen MR) is 493 cm³/mol. The number of rotatable bonds is 28. The summed E-state index contributed by atoms with van der Waals surface area (Å²) < 4.78 is 141. The van der Waals surface area contributed by atoms with Crippen molar-refractivity contribution in [2.45, 2.75) is 389 Å². The lowest BCUT2D eigenvalue weighted by Crippen LogP contribution is -2.69. The molecule has 0 aromatic heterocycles. The molecule has 42 atom stereocenters. The summed E-state index contributed by atoms with van der Waals surface area (Å²) in [6.07, 6.45) is -4.67. The van der Waals surface area contributed by atoms with E-state index in [0.29, 0.717) is 69.5 Å². The molecular formula is C107H155N3O23. The molecule has 736 valence electrons. The van der Waals surface area contributed by atoms with Gasteiger partial charge >= 0.3 is 5.97 Å². The van der Waals surface area contributed by atoms with Gasteiger partial charge in [0.1, 0.15) is 53.9 Å². The first-order valence-electron chi connectivity index (χ1n) is 50.6. The standard InChI is InChI=1S/C107H155N3O23/c1-23-75-61(6)60(5)63(8)93(121-75)129-89-85(126-91-62(7)59(4)58(3)51-117-91)65(10)83(67(12)112)124-97(89)123-80-43-44-102(18)78(103(80,19)56-111)42-45-104(20)79(102)41-40-73-74-49-100(14,15)46-47-107(74,81(114-22)50-105(73,104)21)99(113)131-96-86(64(9)82(109-110-108)76(122-96)54-115-52-69-34-28-25-29-35-69)127-95-72-48-101(16,17)132-88(72)87(68(13)120-95)128-92-66(11)84(77(55-118-92)116-53-70-36-30-26-31-37-70)125-98-90-106(24-2,57-119-98)133-94(130-90)71-38-32-27-33-39-71/h25-40,56,58-66,68,72,74-98H,23-24,41-55,57H2,1-22H3/t58-,59+,60+,61-,62?,63?,64?,65-,66?,68?,72?,74?,75?,76?,77-,78-,79?,80+,81?,82-,83?,84?,85+,86?,87+,88?,89?,90?,91+,92+,93+,94+,95+,96+,97-,98+,102?,103-,104+,105-,106-,107-/m1/s1. The number of fused-ring (bicyclic) bond motifs is 9. The van der Waals surface area contributed by atoms with Gasteiger partial charge in [-0.25, -0.2) is 0 Å². The number of allylic oxidation sites excluding steroid dienone is 2. The average Bonchev–Trinajstić information content (AvgIpc) is 1.66. The van der Waals surface area contributed by atoms with Gasteiger partial charge in [-0.3, -0.25) is 9.59 Å². The van der Waals surface area contributed by atoms with Crippen molar-refractivity contribution in [3.05, 3.63) is 130 Å². The van der Waals surface area contributed by atoms with Gasteiger partial charge < -0.3 is 99.5 Å². The van der Waals surface area contributed by atoms with Crippen LogP contribution in [0.2, 0.25) is 0 Å². The van der Waals surface area contributed by atoms with Crippen molar-refractivity contribution in [3.63, 3.8) is 0 Å². The maximum Gasteiger partial charge on any atom is 0.317 e. The largest absolute Gasteiger partial charge is 0.432 e. The first-order valence-corrected chi connectivity index (χ1v) is 50.6. The zero-order valence-corrected chi connectivity index (χ0v) is 83.1. The van der Waals surface area contributed by atoms with Gasteiger partial charge in [0.2, 0.25) is 6.29 Å². The number of carbonyl (C=O) groups is 3. The highest BCUT2D eigenvalue weighted by atomic mass is 16.8. The quantitative estimate of drug-likeness (QED) is 0.0124. The van der Waals surface area contributed by atoms with Gasteiger partial charge in [-0.2, -0.15) is 0 Å². The SMILES string of the molecule is CCC1O[C@@H](OC2[C@H](O[C@H]3CCC4(C)C5CC=C6C7CC(C)(C)CC[C@]7(C(=O)O[C@@H]7OC(COCc8ccccc8)[C@H](N=[N+]=[N-])C(C)C7O[C@@H]7OC(C)[C@H](O[C@@H]8OC[C@@H](OCc9ccccc9)C(O[C@@H]9OC[C@@]%10(CC)O[C@@H](c%11ccccc%11)OC9%10)C8C)C8OC(C)(C)CC87)C(OC)C[C@@]6(C)[C@@]5(C)CC[C@H]4[C@@]3(C)C=O)OC(C(C)=O)[C@@H](C)[C@@H]2O[C@@H]2OC[C@@H](C)[C@H](C)C2C)C(C)[C@@H](C)[C@H]1C. The Morgan fingerprint density at radius 2 is 1.23 bits per heavy atom. The maximum absolute atomic E-state index is 17.1. The predicted octanol–water partition coefficient (Wildman–Crippen LogP) is 19.1. The fourth-order valence-corrected chi connectivity index (χ4v) is 27.8. The average molecular weight is 1850 g/mol. The van der Waals surface area contributed by atoms with Crippen LogP contribution in [0.25, 0.3) is 10.4 Å². The lowest BCUT2D eigenvalue weighted by atomic mass is 9.33. The van der Waals surface area contributed by atoms with Crippen LogP contribution >= 0.6 is 0 Å². The number of hydrogen-bond donors (Lipinski definition) is 0. The van der Waals surface area contributed by atoms with Gasteiger partial charge in [-0.1, -0.05) is 225 Å². The van der Waals surface area contributed by atoms with Crippen molar-refractivity contribution in [1.29, 1.82) is 0 Å². The molecule has 3 aromatic rings. The smallest absolute Gasteiger partial charge is 0.317 e. The lowest BCUT2D eigenvalue weighted by molar-refractivity contribution is -0.374. The molecule has 9 heterocycles. The Balaban J connectivity index is 0.646. The van der Waals surface area contributed by atoms with E-state index in [1.807, 2.05) is 112 Å². The van der Waals surface area contributed by atoms with Crippen LogP contribution < -0.4 is 0 Å². The van der Waals surface area contributed by atoms with E-state index in [-0.39, 0.29) is 90.1 Å². The van der Waals surface area contributed by atoms with E-state index in [4.69, 9.17) is 94.7 Å². The second-order valence-corrected chi connectivity index (χ2v) is 45.5. The highest BCUT2D eigenvalue weighted by molar-refractivity contribution is 5.81. The molecule has 13 fully saturated rings. The number of Topliss-reactive ketones (excluding diaryl/α,β-unsaturated/α-hetero) is 1. The van der Waals surface area contributed by atoms with Gasteiger partial charge in [0.15, 0.2) is 49.8 Å². The summed E-state index contributed by atoms with van der Waals surface area (Å²) in [5, 5.41) is 4.48. The van der Waals surface area contributed by atoms with Crippen LogP contribution in [0.1, 0.15) is 245 Å². The molecule has 3 aromatic carbocycles. The molecule has 0 spiro atoms. The molecule has 17 rings (SSSR count). The second-order valence-electron chi connectivity index (χ2n) is 45.5. The number of hydrogen-bond acceptors (Lipinski definition) is 24. The summed E-state index contributed by atoms with van der Waals surface area (Å²) in [4.78, 5) is 49.4. The van der Waals surface area contributed by atoms with Crippen molar-refractivity contribution >= 4 is 18.0 Å². The number of azide groups is 1. The molecule has 4 saturated carbocycles. The van der Waals surface area contributed by atoms with Crippen LogP contribution in [0, 0.1) is 109 Å². The molecule has 5 aliphatic carbocycles. The maximum atomic E-state index is 17.1. The number of nitrogens with zero attached hydrogens (tertiary/aromatic N) is 3. The molecular weight excluding hydrogens is 1700 g/mol. The molecule has 0 amide bonds. The van der Waals surface area contributed by atoms with Gasteiger partial charge in [-0.15, -0.1) is 0 Å². The van der Waals surface area contributed by atoms with Crippen molar-refractivity contribution in [3.8, 4) is 0 Å². The number of aldehydes is 1. The summed E-state index contributed by atoms with van der Waals surface area (Å²) in [6, 6.07) is 29.0. The summed E-state index contributed by atoms with van der Waals surface area (Å²) in [5.74, 6) is -1.68. The molecule has 14 aliphatic rings. The van der Waals surface area contributed by atoms with Crippen molar-refractivity contribution < 1.29 is 109 Å². The highest BCUT2D eigenvalue weighted by Crippen LogP contribution is 2.77. The third-order valence-electron chi connectivity index (χ3n) is 36.8. The number of benzene rings is 3. The van der Waals surface area contributed by atoms with Gasteiger partial charge in [0.25, 0.3) is 0 Å². The van der Waals surface area contributed by atoms with E-state index in [1.54, 1.807) is 14.0 Å². The van der Waals surface area contributed by atoms with Crippen LogP contribution in [0.15, 0.2) is 108 Å². The van der Waals surface area contributed by atoms with E-state index in [1.165, 1.54) is 11.9 Å². The van der Waals surface area contributed by atoms with E-state index < -0.39 is 193 Å². The number of methoxy groups -OCH3 is 1. The Kier molecular flexibility index (Phi) is 29.4. The molecule has 26 heteroatoms. The molecule has 0 N–H and O–H groups in total. The van der Waals surface area contributed by atoms with Crippen LogP contribution in [0.5, 0.6) is 0 Å². The van der Waals surface area contributed by atoms with E-state index in [0.717, 1.165) is 55.2 Å². The zero-order valence-electron chi connectivity index (χ0n) is 83.1. The monoisotopic (exact) mass is 1850 g/mol. The van der Waals surface area contributed by atoms with Gasteiger partial charge in [0.05, 0.1) is 106 Å². The lowest BCUT2D eigenvalue weighted by Gasteiger charge is -2.71. The fraction of sp³-hybridized carbons (Fsp3) is 0.785. The van der Waals surface area contributed by atoms with Crippen molar-refractivity contribution in [2.75, 3.05) is 33.5 Å². The Morgan fingerprint density at radius 1 is 0.571 bits per heavy atom. The third-order valence-corrected chi connectivity index (χ3v) is 36.8. The van der Waals surface area contributed by atoms with Gasteiger partial charge in [0, 0.05) is 47.2 Å². The molecule has 26 nitrogen and oxygen atoms in total. The molecule has 9 aliphatic heterocycles. The summed E-state index contributed by atoms with van der Waals surface area (Å²) in [5.41, 5.74) is 9.62. The van der Waals surface area contributed by atoms with E-state index in [2.05, 4.69) is 134 Å². The normalized spacial score (nSPS) is 47.5. The fourth-order valence-electron chi connectivity index (χ4n) is 27.8. The van der Waals surface area contributed by atoms with Crippen molar-refractivity contribution in [2.24, 2.45) is 115 Å². The molecule has 0 radical (unpaired) electrons. The van der Waals surface area contributed by atoms with E-state index in [9.17, 15) is 15.1 Å². The summed E-state index contributed by atoms with van der Waals surface area (Å²) in [7, 11) is 1.76. The minimum Gasteiger partial charge on any atom is -0.432 e. The first kappa shape index (κ1) is 99.3. The molecule has 18 unspecified atom stereocenters. The first-order chi connectivity index (χ1) is 63.4. The van der Waals surface area contributed by atoms with Crippen LogP contribution in [-0.4, -0.2) is 198 Å². The summed E-state index contributed by atoms with van der Waals surface area (Å²) >= 11 is 0. The van der Waals surface area contributed by atoms with Crippen LogP contribution in [0.4, 0.5) is 0 Å². The minimum absolute atomic E-state index is 0.000685. The number of ether oxygens (including phenoxy) is 20. The van der Waals surface area contributed by atoms with Gasteiger partial charge in [-0.05, 0) is 190 Å². The Labute approximate surface area is 789 Å². The Hall–Kier alpha value is -5.24. The number of esters is 1.